The molecular formula is C30H39NO7. The van der Waals surface area contributed by atoms with Crippen LogP contribution >= 0.6 is 0 Å². The molecule has 6 atom stereocenters. The van der Waals surface area contributed by atoms with Crippen molar-refractivity contribution in [1.29, 1.82) is 0 Å². The summed E-state index contributed by atoms with van der Waals surface area (Å²) in [5.41, 5.74) is 4.80. The van der Waals surface area contributed by atoms with Crippen LogP contribution in [0.2, 0.25) is 0 Å². The number of carboxylic acids is 2. The normalized spacial score (nSPS) is 26.5. The van der Waals surface area contributed by atoms with Gasteiger partial charge in [0, 0.05) is 18.0 Å². The first-order valence-corrected chi connectivity index (χ1v) is 13.6. The molecule has 3 aliphatic rings. The summed E-state index contributed by atoms with van der Waals surface area (Å²) < 4.78 is 0. The van der Waals surface area contributed by atoms with E-state index in [-0.39, 0.29) is 0 Å². The number of benzene rings is 2. The van der Waals surface area contributed by atoms with E-state index >= 15 is 0 Å². The highest BCUT2D eigenvalue weighted by atomic mass is 16.4. The van der Waals surface area contributed by atoms with Gasteiger partial charge in [-0.15, -0.1) is 0 Å². The Morgan fingerprint density at radius 3 is 2.32 bits per heavy atom. The molecule has 8 heteroatoms. The maximum Gasteiger partial charge on any atom is 0.335 e. The largest absolute Gasteiger partial charge is 0.508 e. The number of carboxylic acid groups (broad SMARTS) is 2. The molecule has 8 nitrogen and oxygen atoms in total. The number of piperidine rings is 1. The molecule has 0 aromatic heterocycles. The van der Waals surface area contributed by atoms with Gasteiger partial charge < -0.3 is 25.5 Å². The van der Waals surface area contributed by atoms with Crippen LogP contribution in [0, 0.1) is 5.92 Å². The minimum absolute atomic E-state index is 0.320. The van der Waals surface area contributed by atoms with Crippen molar-refractivity contribution >= 4 is 11.9 Å². The summed E-state index contributed by atoms with van der Waals surface area (Å²) in [5, 5.41) is 42.7. The average molecular weight is 526 g/mol. The van der Waals surface area contributed by atoms with E-state index < -0.39 is 24.1 Å². The zero-order valence-corrected chi connectivity index (χ0v) is 21.9. The molecule has 1 unspecified atom stereocenters. The number of aliphatic hydroxyl groups excluding tert-OH is 2. The topological polar surface area (TPSA) is 139 Å². The van der Waals surface area contributed by atoms with Crippen LogP contribution in [-0.4, -0.2) is 73.7 Å². The molecule has 0 radical (unpaired) electrons. The molecule has 38 heavy (non-hydrogen) atoms. The van der Waals surface area contributed by atoms with Crippen molar-refractivity contribution in [3.63, 3.8) is 0 Å². The highest BCUT2D eigenvalue weighted by Crippen LogP contribution is 2.56. The minimum Gasteiger partial charge on any atom is -0.508 e. The molecule has 0 amide bonds. The Morgan fingerprint density at radius 2 is 1.68 bits per heavy atom. The van der Waals surface area contributed by atoms with Crippen molar-refractivity contribution < 1.29 is 35.1 Å². The molecule has 1 saturated heterocycles. The molecule has 0 spiro atoms. The molecule has 2 bridgehead atoms. The third kappa shape index (κ3) is 5.58. The third-order valence-electron chi connectivity index (χ3n) is 8.96. The first kappa shape index (κ1) is 28.1. The van der Waals surface area contributed by atoms with E-state index in [0.29, 0.717) is 23.1 Å². The number of hydrogen-bond acceptors (Lipinski definition) is 6. The number of fused-ring (bicyclic) bond motifs is 1. The Morgan fingerprint density at radius 1 is 1.00 bits per heavy atom. The number of phenols is 1. The Labute approximate surface area is 223 Å². The summed E-state index contributed by atoms with van der Waals surface area (Å²) in [7, 11) is 0. The van der Waals surface area contributed by atoms with E-state index in [4.69, 9.17) is 20.4 Å². The number of phenolic OH excluding ortho intramolecular Hbond substituents is 1. The first-order valence-electron chi connectivity index (χ1n) is 13.6. The smallest absolute Gasteiger partial charge is 0.335 e. The quantitative estimate of drug-likeness (QED) is 0.370. The van der Waals surface area contributed by atoms with Gasteiger partial charge in [-0.1, -0.05) is 56.2 Å². The standard InChI is InChI=1S/C26H33NO.C4H6O6/c1-2-19(20-8-4-3-5-9-20)18-27-15-14-26-13-7-6-10-23(26)25(27)16-21-11-12-22(28)17-24(21)26;5-1(3(7)8)2(6)4(9)10/h3-5,8-9,11-12,17,19,23,25,28H,2,6-7,10,13-16,18H2,1H3;1-2,5-6H,(H,7,8)(H,9,10)/t19?,23-,25+,26+;1-,2-/m01/s1. The Kier molecular flexibility index (Phi) is 8.75. The molecule has 2 fully saturated rings. The van der Waals surface area contributed by atoms with Crippen molar-refractivity contribution in [1.82, 2.24) is 4.90 Å². The van der Waals surface area contributed by atoms with Crippen LogP contribution in [0.1, 0.15) is 68.1 Å². The van der Waals surface area contributed by atoms with Gasteiger partial charge in [-0.25, -0.2) is 9.59 Å². The summed E-state index contributed by atoms with van der Waals surface area (Å²) in [6, 6.07) is 18.0. The maximum atomic E-state index is 10.2. The van der Waals surface area contributed by atoms with Gasteiger partial charge in [-0.3, -0.25) is 4.90 Å². The fraction of sp³-hybridized carbons (Fsp3) is 0.533. The molecule has 2 aliphatic carbocycles. The van der Waals surface area contributed by atoms with Crippen molar-refractivity contribution in [3.05, 3.63) is 65.2 Å². The Balaban J connectivity index is 0.000000289. The van der Waals surface area contributed by atoms with Gasteiger partial charge in [-0.2, -0.15) is 0 Å². The molecule has 1 heterocycles. The summed E-state index contributed by atoms with van der Waals surface area (Å²) in [6.45, 7) is 4.73. The maximum absolute atomic E-state index is 10.2. The van der Waals surface area contributed by atoms with E-state index in [1.807, 2.05) is 6.07 Å². The Hall–Kier alpha value is -2.94. The monoisotopic (exact) mass is 525 g/mol. The van der Waals surface area contributed by atoms with Crippen LogP contribution < -0.4 is 0 Å². The van der Waals surface area contributed by atoms with Gasteiger partial charge in [0.15, 0.2) is 12.2 Å². The number of hydrogen-bond donors (Lipinski definition) is 5. The lowest BCUT2D eigenvalue weighted by atomic mass is 9.52. The first-order chi connectivity index (χ1) is 18.2. The van der Waals surface area contributed by atoms with Crippen LogP contribution in [0.3, 0.4) is 0 Å². The van der Waals surface area contributed by atoms with Crippen LogP contribution in [0.15, 0.2) is 48.5 Å². The van der Waals surface area contributed by atoms with E-state index in [1.165, 1.54) is 68.3 Å². The van der Waals surface area contributed by atoms with E-state index in [0.717, 1.165) is 12.3 Å². The predicted octanol–water partition coefficient (Wildman–Crippen LogP) is 3.52. The van der Waals surface area contributed by atoms with Gasteiger partial charge in [-0.05, 0) is 79.3 Å². The minimum atomic E-state index is -2.27. The number of carbonyl (C=O) groups is 2. The number of rotatable bonds is 7. The van der Waals surface area contributed by atoms with Gasteiger partial charge in [0.05, 0.1) is 0 Å². The van der Waals surface area contributed by atoms with Crippen LogP contribution in [0.4, 0.5) is 0 Å². The second-order valence-corrected chi connectivity index (χ2v) is 10.9. The molecule has 206 valence electrons. The van der Waals surface area contributed by atoms with E-state index in [2.05, 4.69) is 54.3 Å². The van der Waals surface area contributed by atoms with Crippen LogP contribution in [0.25, 0.3) is 0 Å². The average Bonchev–Trinajstić information content (AvgIpc) is 2.93. The molecule has 1 saturated carbocycles. The second-order valence-electron chi connectivity index (χ2n) is 10.9. The fourth-order valence-corrected chi connectivity index (χ4v) is 7.05. The van der Waals surface area contributed by atoms with Gasteiger partial charge in [0.25, 0.3) is 0 Å². The predicted molar refractivity (Wildman–Crippen MR) is 142 cm³/mol. The van der Waals surface area contributed by atoms with Gasteiger partial charge in [0.1, 0.15) is 5.75 Å². The highest BCUT2D eigenvalue weighted by Gasteiger charge is 2.53. The Bertz CT molecular complexity index is 1100. The molecule has 5 N–H and O–H groups in total. The number of aromatic hydroxyl groups is 1. The number of nitrogens with zero attached hydrogens (tertiary/aromatic N) is 1. The summed E-state index contributed by atoms with van der Waals surface area (Å²) in [6.07, 6.45) is 4.49. The lowest BCUT2D eigenvalue weighted by molar-refractivity contribution is -0.165. The lowest BCUT2D eigenvalue weighted by Gasteiger charge is -2.59. The third-order valence-corrected chi connectivity index (χ3v) is 8.96. The number of likely N-dealkylation sites (tertiary alicyclic amines) is 1. The van der Waals surface area contributed by atoms with Crippen LogP contribution in [-0.2, 0) is 21.4 Å². The SMILES string of the molecule is CCC(CN1CC[C@]23CCCC[C@H]2[C@H]1Cc1ccc(O)cc13)c1ccccc1.O=C(O)[C@H](O)[C@@H](O)C(=O)O. The molecular weight excluding hydrogens is 486 g/mol. The number of aliphatic carboxylic acids is 2. The summed E-state index contributed by atoms with van der Waals surface area (Å²) in [4.78, 5) is 22.4. The summed E-state index contributed by atoms with van der Waals surface area (Å²) in [5.74, 6) is -1.70. The zero-order chi connectivity index (χ0) is 27.4. The van der Waals surface area contributed by atoms with Gasteiger partial charge >= 0.3 is 11.9 Å². The van der Waals surface area contributed by atoms with Crippen molar-refractivity contribution in [2.75, 3.05) is 13.1 Å². The zero-order valence-electron chi connectivity index (χ0n) is 21.9. The highest BCUT2D eigenvalue weighted by molar-refractivity contribution is 5.83. The van der Waals surface area contributed by atoms with Crippen molar-refractivity contribution in [2.45, 2.75) is 81.5 Å². The molecule has 5 rings (SSSR count). The van der Waals surface area contributed by atoms with Gasteiger partial charge in [0.2, 0.25) is 0 Å². The van der Waals surface area contributed by atoms with Crippen molar-refractivity contribution in [3.8, 4) is 5.75 Å². The van der Waals surface area contributed by atoms with Crippen molar-refractivity contribution in [2.24, 2.45) is 5.92 Å². The van der Waals surface area contributed by atoms with E-state index in [9.17, 15) is 14.7 Å². The fourth-order valence-electron chi connectivity index (χ4n) is 7.05. The molecule has 2 aromatic carbocycles. The summed E-state index contributed by atoms with van der Waals surface area (Å²) >= 11 is 0. The van der Waals surface area contributed by atoms with Crippen LogP contribution in [0.5, 0.6) is 5.75 Å². The molecule has 1 aliphatic heterocycles. The lowest BCUT2D eigenvalue weighted by Crippen LogP contribution is -2.61. The number of aliphatic hydroxyl groups is 2. The molecule has 2 aromatic rings. The second kappa shape index (κ2) is 11.8. The van der Waals surface area contributed by atoms with E-state index in [1.54, 1.807) is 0 Å².